The largest absolute Gasteiger partial charge is 0.370 e. The number of benzene rings is 2. The van der Waals surface area contributed by atoms with E-state index in [1.807, 2.05) is 31.2 Å². The third-order valence-corrected chi connectivity index (χ3v) is 3.49. The maximum atomic E-state index is 12.3. The molecule has 0 unspecified atom stereocenters. The summed E-state index contributed by atoms with van der Waals surface area (Å²) in [4.78, 5) is 21.1. The molecule has 3 aromatic rings. The minimum Gasteiger partial charge on any atom is -0.370 e. The highest BCUT2D eigenvalue weighted by Gasteiger charge is 2.11. The SMILES string of the molecule is CCNc1nc(NC(=O)c2cccc(Cl)c2)nc2ccccc12. The minimum absolute atomic E-state index is 0.254. The number of rotatable bonds is 4. The van der Waals surface area contributed by atoms with Crippen molar-refractivity contribution in [2.75, 3.05) is 17.2 Å². The Morgan fingerprint density at radius 2 is 1.96 bits per heavy atom. The van der Waals surface area contributed by atoms with Crippen LogP contribution in [0.5, 0.6) is 0 Å². The monoisotopic (exact) mass is 326 g/mol. The Bertz CT molecular complexity index is 866. The van der Waals surface area contributed by atoms with E-state index in [9.17, 15) is 4.79 Å². The van der Waals surface area contributed by atoms with Crippen LogP contribution in [0.2, 0.25) is 5.02 Å². The van der Waals surface area contributed by atoms with Gasteiger partial charge in [-0.05, 0) is 37.3 Å². The first-order valence-corrected chi connectivity index (χ1v) is 7.62. The number of amides is 1. The lowest BCUT2D eigenvalue weighted by molar-refractivity contribution is 0.102. The molecule has 0 aliphatic heterocycles. The number of fused-ring (bicyclic) bond motifs is 1. The molecule has 1 aromatic heterocycles. The summed E-state index contributed by atoms with van der Waals surface area (Å²) in [5, 5.41) is 7.32. The lowest BCUT2D eigenvalue weighted by atomic mass is 10.2. The van der Waals surface area contributed by atoms with Crippen molar-refractivity contribution >= 4 is 40.2 Å². The molecule has 6 heteroatoms. The molecule has 1 heterocycles. The summed E-state index contributed by atoms with van der Waals surface area (Å²) in [7, 11) is 0. The number of aromatic nitrogens is 2. The van der Waals surface area contributed by atoms with Gasteiger partial charge in [-0.2, -0.15) is 4.98 Å². The van der Waals surface area contributed by atoms with Gasteiger partial charge in [0.05, 0.1) is 5.52 Å². The summed E-state index contributed by atoms with van der Waals surface area (Å²) in [5.74, 6) is 0.648. The first-order chi connectivity index (χ1) is 11.2. The summed E-state index contributed by atoms with van der Waals surface area (Å²) in [6.07, 6.45) is 0. The lowest BCUT2D eigenvalue weighted by Gasteiger charge is -2.10. The van der Waals surface area contributed by atoms with Gasteiger partial charge in [0, 0.05) is 22.5 Å². The number of nitrogens with one attached hydrogen (secondary N) is 2. The van der Waals surface area contributed by atoms with E-state index in [0.29, 0.717) is 16.4 Å². The summed E-state index contributed by atoms with van der Waals surface area (Å²) < 4.78 is 0. The number of carbonyl (C=O) groups is 1. The molecule has 0 aliphatic carbocycles. The van der Waals surface area contributed by atoms with Crippen molar-refractivity contribution in [1.29, 1.82) is 0 Å². The maximum absolute atomic E-state index is 12.3. The smallest absolute Gasteiger partial charge is 0.258 e. The van der Waals surface area contributed by atoms with Crippen LogP contribution in [0.4, 0.5) is 11.8 Å². The third-order valence-electron chi connectivity index (χ3n) is 3.26. The van der Waals surface area contributed by atoms with Gasteiger partial charge < -0.3 is 5.32 Å². The lowest BCUT2D eigenvalue weighted by Crippen LogP contribution is -2.15. The number of anilines is 2. The molecular formula is C17H15ClN4O. The van der Waals surface area contributed by atoms with E-state index < -0.39 is 0 Å². The molecular weight excluding hydrogens is 312 g/mol. The molecule has 0 bridgehead atoms. The molecule has 1 amide bonds. The summed E-state index contributed by atoms with van der Waals surface area (Å²) in [6.45, 7) is 2.71. The molecule has 0 aliphatic rings. The first-order valence-electron chi connectivity index (χ1n) is 7.25. The Kier molecular flexibility index (Phi) is 4.39. The standard InChI is InChI=1S/C17H15ClN4O/c1-2-19-15-13-8-3-4-9-14(13)20-17(21-15)22-16(23)11-6-5-7-12(18)10-11/h3-10H,2H2,1H3,(H2,19,20,21,22,23). The van der Waals surface area contributed by atoms with Gasteiger partial charge in [0.15, 0.2) is 0 Å². The van der Waals surface area contributed by atoms with E-state index in [-0.39, 0.29) is 11.9 Å². The average Bonchev–Trinajstić information content (AvgIpc) is 2.55. The van der Waals surface area contributed by atoms with Gasteiger partial charge in [0.25, 0.3) is 5.91 Å². The van der Waals surface area contributed by atoms with Crippen molar-refractivity contribution < 1.29 is 4.79 Å². The number of hydrogen-bond acceptors (Lipinski definition) is 4. The number of nitrogens with zero attached hydrogens (tertiary/aromatic N) is 2. The van der Waals surface area contributed by atoms with E-state index in [4.69, 9.17) is 11.6 Å². The van der Waals surface area contributed by atoms with E-state index in [2.05, 4.69) is 20.6 Å². The van der Waals surface area contributed by atoms with Crippen molar-refractivity contribution in [1.82, 2.24) is 9.97 Å². The van der Waals surface area contributed by atoms with E-state index in [1.165, 1.54) is 0 Å². The van der Waals surface area contributed by atoms with Crippen molar-refractivity contribution in [2.24, 2.45) is 0 Å². The van der Waals surface area contributed by atoms with Crippen LogP contribution >= 0.6 is 11.6 Å². The summed E-state index contributed by atoms with van der Waals surface area (Å²) >= 11 is 5.92. The van der Waals surface area contributed by atoms with Gasteiger partial charge in [-0.1, -0.05) is 29.8 Å². The van der Waals surface area contributed by atoms with Crippen LogP contribution in [0.15, 0.2) is 48.5 Å². The molecule has 2 aromatic carbocycles. The number of carbonyl (C=O) groups excluding carboxylic acids is 1. The molecule has 0 saturated heterocycles. The van der Waals surface area contributed by atoms with Gasteiger partial charge >= 0.3 is 0 Å². The first kappa shape index (κ1) is 15.2. The normalized spacial score (nSPS) is 10.5. The van der Waals surface area contributed by atoms with Crippen LogP contribution in [0, 0.1) is 0 Å². The second kappa shape index (κ2) is 6.62. The van der Waals surface area contributed by atoms with Crippen LogP contribution in [-0.4, -0.2) is 22.4 Å². The topological polar surface area (TPSA) is 66.9 Å². The fourth-order valence-electron chi connectivity index (χ4n) is 2.24. The highest BCUT2D eigenvalue weighted by Crippen LogP contribution is 2.22. The predicted molar refractivity (Wildman–Crippen MR) is 93.1 cm³/mol. The third kappa shape index (κ3) is 3.40. The van der Waals surface area contributed by atoms with Gasteiger partial charge in [0.2, 0.25) is 5.95 Å². The van der Waals surface area contributed by atoms with Crippen LogP contribution in [-0.2, 0) is 0 Å². The number of hydrogen-bond donors (Lipinski definition) is 2. The molecule has 5 nitrogen and oxygen atoms in total. The predicted octanol–water partition coefficient (Wildman–Crippen LogP) is 3.97. The maximum Gasteiger partial charge on any atom is 0.258 e. The van der Waals surface area contributed by atoms with Crippen LogP contribution < -0.4 is 10.6 Å². The second-order valence-electron chi connectivity index (χ2n) is 4.91. The molecule has 2 N–H and O–H groups in total. The fraction of sp³-hybridized carbons (Fsp3) is 0.118. The summed E-state index contributed by atoms with van der Waals surface area (Å²) in [6, 6.07) is 14.4. The fourth-order valence-corrected chi connectivity index (χ4v) is 2.43. The van der Waals surface area contributed by atoms with E-state index >= 15 is 0 Å². The van der Waals surface area contributed by atoms with Gasteiger partial charge in [-0.15, -0.1) is 0 Å². The average molecular weight is 327 g/mol. The molecule has 0 fully saturated rings. The molecule has 0 saturated carbocycles. The molecule has 0 radical (unpaired) electrons. The Morgan fingerprint density at radius 1 is 1.13 bits per heavy atom. The molecule has 116 valence electrons. The molecule has 23 heavy (non-hydrogen) atoms. The highest BCUT2D eigenvalue weighted by molar-refractivity contribution is 6.31. The Hall–Kier alpha value is -2.66. The van der Waals surface area contributed by atoms with Gasteiger partial charge in [-0.25, -0.2) is 4.98 Å². The van der Waals surface area contributed by atoms with Gasteiger partial charge in [-0.3, -0.25) is 10.1 Å². The minimum atomic E-state index is -0.301. The van der Waals surface area contributed by atoms with Crippen LogP contribution in [0.1, 0.15) is 17.3 Å². The molecule has 0 atom stereocenters. The Morgan fingerprint density at radius 3 is 2.74 bits per heavy atom. The second-order valence-corrected chi connectivity index (χ2v) is 5.34. The zero-order valence-electron chi connectivity index (χ0n) is 12.5. The molecule has 3 rings (SSSR count). The van der Waals surface area contributed by atoms with Crippen LogP contribution in [0.3, 0.4) is 0 Å². The van der Waals surface area contributed by atoms with Crippen molar-refractivity contribution in [2.45, 2.75) is 6.92 Å². The quantitative estimate of drug-likeness (QED) is 0.761. The van der Waals surface area contributed by atoms with Crippen molar-refractivity contribution in [3.05, 3.63) is 59.1 Å². The molecule has 0 spiro atoms. The Labute approximate surface area is 138 Å². The number of para-hydroxylation sites is 1. The Balaban J connectivity index is 1.95. The number of halogens is 1. The zero-order chi connectivity index (χ0) is 16.2. The van der Waals surface area contributed by atoms with E-state index in [1.54, 1.807) is 24.3 Å². The van der Waals surface area contributed by atoms with Crippen LogP contribution in [0.25, 0.3) is 10.9 Å². The summed E-state index contributed by atoms with van der Waals surface area (Å²) in [5.41, 5.74) is 1.22. The zero-order valence-corrected chi connectivity index (χ0v) is 13.3. The van der Waals surface area contributed by atoms with Gasteiger partial charge in [0.1, 0.15) is 5.82 Å². The van der Waals surface area contributed by atoms with Crippen molar-refractivity contribution in [3.8, 4) is 0 Å². The highest BCUT2D eigenvalue weighted by atomic mass is 35.5. The van der Waals surface area contributed by atoms with E-state index in [0.717, 1.165) is 17.4 Å². The van der Waals surface area contributed by atoms with Crippen molar-refractivity contribution in [3.63, 3.8) is 0 Å².